The lowest BCUT2D eigenvalue weighted by Gasteiger charge is -2.48. The average Bonchev–Trinajstić information content (AvgIpc) is 0.769. The van der Waals surface area contributed by atoms with Crippen LogP contribution in [0.4, 0.5) is 0 Å². The fraction of sp³-hybridized carbons (Fsp3) is 0.250. The molecule has 0 spiro atoms. The molecule has 2 N–H and O–H groups in total. The van der Waals surface area contributed by atoms with Crippen LogP contribution in [0.15, 0.2) is 243 Å². The monoisotopic (exact) mass is 1380 g/mol. The van der Waals surface area contributed by atoms with Gasteiger partial charge in [0.1, 0.15) is 43.7 Å². The van der Waals surface area contributed by atoms with Crippen molar-refractivity contribution in [2.24, 2.45) is 0 Å². The van der Waals surface area contributed by atoms with Gasteiger partial charge in [-0.25, -0.2) is 38.4 Å². The summed E-state index contributed by atoms with van der Waals surface area (Å²) in [6, 6.07) is 60.8. The summed E-state index contributed by atoms with van der Waals surface area (Å²) in [6.45, 7) is -1.58. The van der Waals surface area contributed by atoms with E-state index in [0.717, 1.165) is 6.92 Å². The number of rotatable bonds is 24. The van der Waals surface area contributed by atoms with Crippen LogP contribution in [0.25, 0.3) is 0 Å². The third-order valence-electron chi connectivity index (χ3n) is 16.1. The largest absolute Gasteiger partial charge is 0.459 e. The summed E-state index contributed by atoms with van der Waals surface area (Å²) < 4.78 is 86.6. The summed E-state index contributed by atoms with van der Waals surface area (Å²) in [7, 11) is 0. The third kappa shape index (κ3) is 18.1. The van der Waals surface area contributed by atoms with E-state index in [-0.39, 0.29) is 44.5 Å². The van der Waals surface area contributed by atoms with Gasteiger partial charge >= 0.3 is 53.7 Å². The molecule has 0 radical (unpaired) electrons. The molecule has 0 aliphatic carbocycles. The summed E-state index contributed by atoms with van der Waals surface area (Å²) in [5.41, 5.74) is 0.00137. The maximum Gasteiger partial charge on any atom is 0.338 e. The molecule has 0 saturated carbocycles. The van der Waals surface area contributed by atoms with Gasteiger partial charge in [0.05, 0.1) is 51.1 Å². The zero-order chi connectivity index (χ0) is 70.8. The van der Waals surface area contributed by atoms with Crippen molar-refractivity contribution in [2.45, 2.75) is 99.0 Å². The number of carbonyl (C=O) groups is 9. The van der Waals surface area contributed by atoms with Crippen LogP contribution in [-0.2, 0) is 71.1 Å². The highest BCUT2D eigenvalue weighted by Gasteiger charge is 2.59. The van der Waals surface area contributed by atoms with Crippen molar-refractivity contribution < 1.29 is 120 Å². The highest BCUT2D eigenvalue weighted by atomic mass is 16.8. The number of carbonyl (C=O) groups excluding carboxylic acids is 9. The highest BCUT2D eigenvalue weighted by molar-refractivity contribution is 5.93. The second-order valence-corrected chi connectivity index (χ2v) is 23.0. The third-order valence-corrected chi connectivity index (χ3v) is 16.1. The molecule has 3 heterocycles. The number of aliphatic hydroxyl groups is 2. The topological polar surface area (TPSA) is 323 Å². The molecule has 0 amide bonds. The van der Waals surface area contributed by atoms with Crippen molar-refractivity contribution >= 4 is 53.7 Å². The van der Waals surface area contributed by atoms with Crippen molar-refractivity contribution in [1.82, 2.24) is 0 Å². The summed E-state index contributed by atoms with van der Waals surface area (Å²) >= 11 is 0. The minimum absolute atomic E-state index is 0.00924. The first-order valence-electron chi connectivity index (χ1n) is 31.8. The molecule has 8 aromatic rings. The first kappa shape index (κ1) is 71.0. The van der Waals surface area contributed by atoms with E-state index in [1.807, 2.05) is 0 Å². The van der Waals surface area contributed by atoms with E-state index in [2.05, 4.69) is 0 Å². The van der Waals surface area contributed by atoms with E-state index in [4.69, 9.17) is 66.3 Å². The van der Waals surface area contributed by atoms with Crippen LogP contribution in [0.1, 0.15) is 89.8 Å². The SMILES string of the molecule is CC(=O)OC1C(O)OC(COC2OC(COC(=O)c3ccccc3)C(OC(=O)c3ccccc3)C(OC(=O)c3ccccc3)C2OC(=O)c2ccccc2)C(O)C1OC1OC(COC(=O)c2ccccc2)C(OC(=O)c2ccccc2)C(OC(=O)c2ccccc2)C1OC(=O)c1ccccc1. The summed E-state index contributed by atoms with van der Waals surface area (Å²) in [5.74, 6) is -9.10. The highest BCUT2D eigenvalue weighted by Crippen LogP contribution is 2.37. The van der Waals surface area contributed by atoms with Gasteiger partial charge in [0.2, 0.25) is 0 Å². The van der Waals surface area contributed by atoms with Gasteiger partial charge in [-0.15, -0.1) is 0 Å². The first-order chi connectivity index (χ1) is 49.1. The number of hydrogen-bond donors (Lipinski definition) is 2. The van der Waals surface area contributed by atoms with Crippen molar-refractivity contribution in [3.8, 4) is 0 Å². The van der Waals surface area contributed by atoms with Gasteiger partial charge in [-0.2, -0.15) is 0 Å². The van der Waals surface area contributed by atoms with Crippen LogP contribution < -0.4 is 0 Å². The van der Waals surface area contributed by atoms with Crippen LogP contribution in [-0.4, -0.2) is 176 Å². The lowest BCUT2D eigenvalue weighted by Crippen LogP contribution is -2.67. The molecule has 520 valence electrons. The zero-order valence-corrected chi connectivity index (χ0v) is 53.7. The Hall–Kier alpha value is -11.3. The molecule has 3 aliphatic heterocycles. The van der Waals surface area contributed by atoms with E-state index >= 15 is 0 Å². The van der Waals surface area contributed by atoms with Crippen molar-refractivity contribution in [1.29, 1.82) is 0 Å². The lowest BCUT2D eigenvalue weighted by atomic mass is 9.95. The molecule has 0 bridgehead atoms. The van der Waals surface area contributed by atoms with Gasteiger partial charge in [0, 0.05) is 6.92 Å². The summed E-state index contributed by atoms with van der Waals surface area (Å²) in [5, 5.41) is 24.9. The molecule has 3 saturated heterocycles. The van der Waals surface area contributed by atoms with Gasteiger partial charge in [0.15, 0.2) is 61.6 Å². The molecule has 101 heavy (non-hydrogen) atoms. The van der Waals surface area contributed by atoms with Crippen molar-refractivity contribution in [3.05, 3.63) is 287 Å². The Bertz CT molecular complexity index is 4100. The van der Waals surface area contributed by atoms with Gasteiger partial charge in [-0.1, -0.05) is 146 Å². The van der Waals surface area contributed by atoms with Crippen molar-refractivity contribution in [2.75, 3.05) is 19.8 Å². The fourth-order valence-electron chi connectivity index (χ4n) is 11.2. The second-order valence-electron chi connectivity index (χ2n) is 23.0. The average molecular weight is 1380 g/mol. The molecular weight excluding hydrogens is 1310 g/mol. The minimum Gasteiger partial charge on any atom is -0.459 e. The predicted octanol–water partition coefficient (Wildman–Crippen LogP) is 7.92. The standard InChI is InChI=1S/C76H66O25/c1-45(77)91-63-60(101-76-65(100-73(86)53-40-24-9-25-41-53)62(98-71(84)51-36-20-7-21-37-51)59(96-69(82)49-32-16-5-17-33-49)56(94-76)44-89-67(80)47-28-12-3-13-29-47)57(78)54(92-74(63)87)42-90-75-64(99-72(85)52-38-22-8-23-39-52)61(97-70(83)50-34-18-6-19-35-50)58(95-68(81)48-30-14-4-15-31-48)55(93-75)43-88-66(79)46-26-10-2-11-27-46/h2-41,54-65,74-76,78,87H,42-44H2,1H3. The van der Waals surface area contributed by atoms with E-state index in [9.17, 15) is 53.4 Å². The minimum atomic E-state index is -2.28. The van der Waals surface area contributed by atoms with Gasteiger partial charge in [0.25, 0.3) is 0 Å². The number of benzene rings is 8. The Kier molecular flexibility index (Phi) is 23.9. The predicted molar refractivity (Wildman–Crippen MR) is 348 cm³/mol. The van der Waals surface area contributed by atoms with Crippen LogP contribution in [0.2, 0.25) is 0 Å². The second kappa shape index (κ2) is 34.0. The quantitative estimate of drug-likeness (QED) is 0.0428. The summed E-state index contributed by atoms with van der Waals surface area (Å²) in [6.07, 6.45) is -29.8. The van der Waals surface area contributed by atoms with Crippen LogP contribution in [0.5, 0.6) is 0 Å². The van der Waals surface area contributed by atoms with E-state index in [0.29, 0.717) is 0 Å². The maximum atomic E-state index is 14.5. The molecular formula is C76H66O25. The number of esters is 9. The number of aliphatic hydroxyl groups excluding tert-OH is 2. The van der Waals surface area contributed by atoms with E-state index in [1.54, 1.807) is 109 Å². The Morgan fingerprint density at radius 2 is 0.554 bits per heavy atom. The van der Waals surface area contributed by atoms with E-state index < -0.39 is 166 Å². The lowest BCUT2D eigenvalue weighted by molar-refractivity contribution is -0.360. The molecule has 15 atom stereocenters. The maximum absolute atomic E-state index is 14.5. The molecule has 3 fully saturated rings. The van der Waals surface area contributed by atoms with Crippen LogP contribution in [0, 0.1) is 0 Å². The molecule has 25 heteroatoms. The Morgan fingerprint density at radius 1 is 0.287 bits per heavy atom. The number of ether oxygens (including phenoxy) is 14. The molecule has 3 aliphatic rings. The van der Waals surface area contributed by atoms with Gasteiger partial charge in [-0.3, -0.25) is 4.79 Å². The molecule has 0 aromatic heterocycles. The number of hydrogen-bond acceptors (Lipinski definition) is 25. The molecule has 15 unspecified atom stereocenters. The van der Waals surface area contributed by atoms with Crippen LogP contribution >= 0.6 is 0 Å². The molecule has 25 nitrogen and oxygen atoms in total. The fourth-order valence-corrected chi connectivity index (χ4v) is 11.2. The van der Waals surface area contributed by atoms with E-state index in [1.165, 1.54) is 133 Å². The smallest absolute Gasteiger partial charge is 0.338 e. The van der Waals surface area contributed by atoms with Gasteiger partial charge < -0.3 is 76.5 Å². The summed E-state index contributed by atoms with van der Waals surface area (Å²) in [4.78, 5) is 127. The first-order valence-corrected chi connectivity index (χ1v) is 31.8. The van der Waals surface area contributed by atoms with Gasteiger partial charge in [-0.05, 0) is 97.1 Å². The normalized spacial score (nSPS) is 24.5. The Morgan fingerprint density at radius 3 is 0.861 bits per heavy atom. The molecule has 11 rings (SSSR count). The zero-order valence-electron chi connectivity index (χ0n) is 53.7. The van der Waals surface area contributed by atoms with Crippen molar-refractivity contribution in [3.63, 3.8) is 0 Å². The Labute approximate surface area is 577 Å². The van der Waals surface area contributed by atoms with Crippen LogP contribution in [0.3, 0.4) is 0 Å². The molecule has 8 aromatic carbocycles. The Balaban J connectivity index is 0.977.